The van der Waals surface area contributed by atoms with Gasteiger partial charge in [-0.15, -0.1) is 0 Å². The number of carboxylic acids is 1. The van der Waals surface area contributed by atoms with Crippen molar-refractivity contribution in [3.05, 3.63) is 29.8 Å². The van der Waals surface area contributed by atoms with Gasteiger partial charge in [0.05, 0.1) is 17.9 Å². The maximum absolute atomic E-state index is 13.5. The molecule has 3 atom stereocenters. The highest BCUT2D eigenvalue weighted by atomic mass is 16.6. The second-order valence-electron chi connectivity index (χ2n) is 10.5. The Balaban J connectivity index is 1.46. The fourth-order valence-corrected chi connectivity index (χ4v) is 6.62. The molecule has 0 saturated heterocycles. The van der Waals surface area contributed by atoms with E-state index in [4.69, 9.17) is 9.47 Å². The van der Waals surface area contributed by atoms with Crippen molar-refractivity contribution in [3.63, 3.8) is 0 Å². The highest BCUT2D eigenvalue weighted by Gasteiger charge is 2.63. The predicted molar refractivity (Wildman–Crippen MR) is 121 cm³/mol. The Labute approximate surface area is 198 Å². The zero-order chi connectivity index (χ0) is 24.7. The van der Waals surface area contributed by atoms with Gasteiger partial charge in [-0.2, -0.15) is 0 Å². The van der Waals surface area contributed by atoms with Gasteiger partial charge in [0.1, 0.15) is 11.8 Å². The molecule has 9 heteroatoms. The Kier molecular flexibility index (Phi) is 6.31. The van der Waals surface area contributed by atoms with Crippen LogP contribution in [0.15, 0.2) is 24.3 Å². The normalized spacial score (nSPS) is 29.7. The summed E-state index contributed by atoms with van der Waals surface area (Å²) in [7, 11) is 4.54. The van der Waals surface area contributed by atoms with Crippen LogP contribution in [0.4, 0.5) is 4.79 Å². The molecule has 2 N–H and O–H groups in total. The number of esters is 1. The third-order valence-corrected chi connectivity index (χ3v) is 7.70. The second-order valence-corrected chi connectivity index (χ2v) is 10.5. The summed E-state index contributed by atoms with van der Waals surface area (Å²) in [5.41, 5.74) is -0.667. The van der Waals surface area contributed by atoms with Crippen molar-refractivity contribution < 1.29 is 33.8 Å². The molecule has 0 spiro atoms. The largest absolute Gasteiger partial charge is 0.480 e. The third-order valence-electron chi connectivity index (χ3n) is 7.70. The summed E-state index contributed by atoms with van der Waals surface area (Å²) in [4.78, 5) is 51.2. The van der Waals surface area contributed by atoms with Gasteiger partial charge in [-0.3, -0.25) is 9.59 Å². The van der Waals surface area contributed by atoms with E-state index in [0.717, 1.165) is 19.3 Å². The first kappa shape index (κ1) is 24.0. The molecule has 4 fully saturated rings. The van der Waals surface area contributed by atoms with Crippen LogP contribution in [0.25, 0.3) is 0 Å². The van der Waals surface area contributed by atoms with Crippen molar-refractivity contribution in [2.75, 3.05) is 21.2 Å². The molecule has 0 aromatic heterocycles. The molecule has 2 amide bonds. The third kappa shape index (κ3) is 4.48. The number of nitrogens with one attached hydrogen (secondary N) is 1. The van der Waals surface area contributed by atoms with Gasteiger partial charge in [0.15, 0.2) is 0 Å². The molecule has 0 heterocycles. The summed E-state index contributed by atoms with van der Waals surface area (Å²) >= 11 is 0. The fourth-order valence-electron chi connectivity index (χ4n) is 6.62. The number of nitrogens with zero attached hydrogens (tertiary/aromatic N) is 1. The number of hydrogen-bond donors (Lipinski definition) is 2. The first-order valence-electron chi connectivity index (χ1n) is 11.7. The van der Waals surface area contributed by atoms with Gasteiger partial charge < -0.3 is 24.8 Å². The van der Waals surface area contributed by atoms with Crippen molar-refractivity contribution in [1.29, 1.82) is 0 Å². The van der Waals surface area contributed by atoms with Crippen LogP contribution in [-0.4, -0.2) is 61.2 Å². The van der Waals surface area contributed by atoms with Crippen LogP contribution in [0.1, 0.15) is 44.1 Å². The van der Waals surface area contributed by atoms with E-state index in [1.165, 1.54) is 12.0 Å². The molecule has 9 nitrogen and oxygen atoms in total. The van der Waals surface area contributed by atoms with Crippen molar-refractivity contribution in [2.24, 2.45) is 22.7 Å². The van der Waals surface area contributed by atoms with Crippen molar-refractivity contribution in [2.45, 2.75) is 51.0 Å². The van der Waals surface area contributed by atoms with E-state index < -0.39 is 28.9 Å². The predicted octanol–water partition coefficient (Wildman–Crippen LogP) is 2.62. The minimum atomic E-state index is -1.12. The zero-order valence-electron chi connectivity index (χ0n) is 19.8. The molecule has 4 bridgehead atoms. The number of methoxy groups -OCH3 is 1. The van der Waals surface area contributed by atoms with E-state index in [1.807, 2.05) is 0 Å². The molecule has 0 radical (unpaired) electrons. The van der Waals surface area contributed by atoms with Gasteiger partial charge in [0.2, 0.25) is 5.91 Å². The number of aliphatic carboxylic acids is 1. The molecule has 1 aromatic carbocycles. The Hall–Kier alpha value is -3.10. The standard InChI is InChI=1S/C25H32N2O7/c1-27(2)23(32)34-18-6-4-15(5-7-18)9-19(20(28)29)26-21(30)24-10-16-8-17(11-24)13-25(12-16,14-24)22(31)33-3/h4-7,16-17,19H,8-14H2,1-3H3,(H,26,30)(H,28,29)/t16?,17?,19-,24?,25?/m0/s1. The van der Waals surface area contributed by atoms with Crippen LogP contribution < -0.4 is 10.1 Å². The van der Waals surface area contributed by atoms with Gasteiger partial charge >= 0.3 is 18.0 Å². The minimum absolute atomic E-state index is 0.0913. The van der Waals surface area contributed by atoms with Gasteiger partial charge in [-0.25, -0.2) is 9.59 Å². The molecule has 184 valence electrons. The number of amides is 2. The molecular weight excluding hydrogens is 440 g/mol. The SMILES string of the molecule is COC(=O)C12CC3CC(CC(C(=O)N[C@@H](Cc4ccc(OC(=O)N(C)C)cc4)C(=O)O)(C3)C1)C2. The Morgan fingerprint density at radius 2 is 1.65 bits per heavy atom. The van der Waals surface area contributed by atoms with Crippen molar-refractivity contribution in [3.8, 4) is 5.75 Å². The Morgan fingerprint density at radius 1 is 1.06 bits per heavy atom. The first-order valence-corrected chi connectivity index (χ1v) is 11.7. The smallest absolute Gasteiger partial charge is 0.414 e. The van der Waals surface area contributed by atoms with Crippen LogP contribution in [0.3, 0.4) is 0 Å². The number of carboxylic acid groups (broad SMARTS) is 1. The van der Waals surface area contributed by atoms with E-state index in [2.05, 4.69) is 5.32 Å². The van der Waals surface area contributed by atoms with Crippen LogP contribution in [0.2, 0.25) is 0 Å². The molecule has 4 saturated carbocycles. The highest BCUT2D eigenvalue weighted by Crippen LogP contribution is 2.65. The molecule has 2 unspecified atom stereocenters. The highest BCUT2D eigenvalue weighted by molar-refractivity contribution is 5.89. The molecule has 0 aliphatic heterocycles. The van der Waals surface area contributed by atoms with Gasteiger partial charge in [-0.1, -0.05) is 12.1 Å². The van der Waals surface area contributed by atoms with Crippen LogP contribution >= 0.6 is 0 Å². The van der Waals surface area contributed by atoms with Crippen molar-refractivity contribution >= 4 is 23.9 Å². The van der Waals surface area contributed by atoms with E-state index in [1.54, 1.807) is 38.4 Å². The maximum Gasteiger partial charge on any atom is 0.414 e. The summed E-state index contributed by atoms with van der Waals surface area (Å²) in [6.07, 6.45) is 3.89. The lowest BCUT2D eigenvalue weighted by Crippen LogP contribution is -2.61. The molecule has 4 aliphatic carbocycles. The summed E-state index contributed by atoms with van der Waals surface area (Å²) in [5, 5.41) is 12.6. The first-order chi connectivity index (χ1) is 16.1. The Morgan fingerprint density at radius 3 is 2.18 bits per heavy atom. The van der Waals surface area contributed by atoms with E-state index in [-0.39, 0.29) is 30.1 Å². The molecule has 34 heavy (non-hydrogen) atoms. The number of rotatable bonds is 7. The number of benzene rings is 1. The lowest BCUT2D eigenvalue weighted by molar-refractivity contribution is -0.182. The summed E-state index contributed by atoms with van der Waals surface area (Å²) in [6.45, 7) is 0. The summed E-state index contributed by atoms with van der Waals surface area (Å²) in [5.74, 6) is -0.732. The summed E-state index contributed by atoms with van der Waals surface area (Å²) < 4.78 is 10.3. The number of carbonyl (C=O) groups excluding carboxylic acids is 3. The van der Waals surface area contributed by atoms with Crippen LogP contribution in [0.5, 0.6) is 5.75 Å². The Bertz CT molecular complexity index is 973. The topological polar surface area (TPSA) is 122 Å². The maximum atomic E-state index is 13.5. The molecule has 4 aliphatic rings. The second kappa shape index (κ2) is 8.92. The minimum Gasteiger partial charge on any atom is -0.480 e. The molecular formula is C25H32N2O7. The van der Waals surface area contributed by atoms with Gasteiger partial charge in [0, 0.05) is 20.5 Å². The van der Waals surface area contributed by atoms with E-state index >= 15 is 0 Å². The van der Waals surface area contributed by atoms with Crippen LogP contribution in [-0.2, 0) is 25.5 Å². The van der Waals surface area contributed by atoms with Gasteiger partial charge in [-0.05, 0) is 68.1 Å². The average Bonchev–Trinajstić information content (AvgIpc) is 2.78. The summed E-state index contributed by atoms with van der Waals surface area (Å²) in [6, 6.07) is 5.44. The van der Waals surface area contributed by atoms with Crippen molar-refractivity contribution in [1.82, 2.24) is 10.2 Å². The van der Waals surface area contributed by atoms with Gasteiger partial charge in [0.25, 0.3) is 0 Å². The van der Waals surface area contributed by atoms with E-state index in [0.29, 0.717) is 30.6 Å². The quantitative estimate of drug-likeness (QED) is 0.585. The number of carbonyl (C=O) groups is 4. The average molecular weight is 473 g/mol. The van der Waals surface area contributed by atoms with Crippen LogP contribution in [0, 0.1) is 22.7 Å². The fraction of sp³-hybridized carbons (Fsp3) is 0.600. The molecule has 5 rings (SSSR count). The van der Waals surface area contributed by atoms with E-state index in [9.17, 15) is 24.3 Å². The number of ether oxygens (including phenoxy) is 2. The lowest BCUT2D eigenvalue weighted by atomic mass is 9.44. The monoisotopic (exact) mass is 472 g/mol. The lowest BCUT2D eigenvalue weighted by Gasteiger charge is -2.59. The zero-order valence-corrected chi connectivity index (χ0v) is 19.8. The molecule has 1 aromatic rings. The number of hydrogen-bond acceptors (Lipinski definition) is 6.